The lowest BCUT2D eigenvalue weighted by Gasteiger charge is -2.37. The van der Waals surface area contributed by atoms with Crippen LogP contribution in [0.3, 0.4) is 0 Å². The van der Waals surface area contributed by atoms with E-state index < -0.39 is 0 Å². The molecule has 0 bridgehead atoms. The van der Waals surface area contributed by atoms with Crippen molar-refractivity contribution in [2.75, 3.05) is 39.3 Å². The second-order valence-corrected chi connectivity index (χ2v) is 7.01. The lowest BCUT2D eigenvalue weighted by molar-refractivity contribution is -0.135. The molecule has 2 saturated heterocycles. The summed E-state index contributed by atoms with van der Waals surface area (Å²) in [6, 6.07) is 6.44. The Bertz CT molecular complexity index is 654. The fourth-order valence-electron chi connectivity index (χ4n) is 3.61. The molecule has 2 fully saturated rings. The lowest BCUT2D eigenvalue weighted by Crippen LogP contribution is -2.57. The Morgan fingerprint density at radius 3 is 2.81 bits per heavy atom. The first-order chi connectivity index (χ1) is 12.6. The van der Waals surface area contributed by atoms with Gasteiger partial charge < -0.3 is 20.0 Å². The molecule has 6 nitrogen and oxygen atoms in total. The van der Waals surface area contributed by atoms with Crippen molar-refractivity contribution in [2.45, 2.75) is 32.4 Å². The van der Waals surface area contributed by atoms with E-state index in [1.807, 2.05) is 0 Å². The summed E-state index contributed by atoms with van der Waals surface area (Å²) < 4.78 is 13.8. The molecule has 142 valence electrons. The average molecular weight is 362 g/mol. The van der Waals surface area contributed by atoms with Gasteiger partial charge in [0.1, 0.15) is 12.4 Å². The number of urea groups is 1. The Hall–Kier alpha value is -2.15. The number of nitrogens with one attached hydrogen (secondary N) is 1. The fraction of sp³-hybridized carbons (Fsp3) is 0.579. The Morgan fingerprint density at radius 2 is 2.08 bits per heavy atom. The predicted octanol–water partition coefficient (Wildman–Crippen LogP) is 1.66. The van der Waals surface area contributed by atoms with E-state index in [0.29, 0.717) is 18.7 Å². The van der Waals surface area contributed by atoms with Gasteiger partial charge in [0.05, 0.1) is 0 Å². The Balaban J connectivity index is 1.51. The topological polar surface area (TPSA) is 55.9 Å². The van der Waals surface area contributed by atoms with Crippen LogP contribution >= 0.6 is 0 Å². The summed E-state index contributed by atoms with van der Waals surface area (Å²) in [4.78, 5) is 30.4. The molecule has 1 aromatic rings. The molecule has 1 N–H and O–H groups in total. The van der Waals surface area contributed by atoms with E-state index in [-0.39, 0.29) is 36.9 Å². The minimum atomic E-state index is -0.307. The molecule has 0 aromatic heterocycles. The van der Waals surface area contributed by atoms with Crippen LogP contribution < -0.4 is 5.32 Å². The van der Waals surface area contributed by atoms with E-state index >= 15 is 0 Å². The summed E-state index contributed by atoms with van der Waals surface area (Å²) in [5, 5.41) is 3.06. The van der Waals surface area contributed by atoms with Crippen LogP contribution in [-0.4, -0.2) is 71.9 Å². The van der Waals surface area contributed by atoms with Gasteiger partial charge in [0.25, 0.3) is 0 Å². The third kappa shape index (κ3) is 4.52. The first-order valence-corrected chi connectivity index (χ1v) is 9.35. The average Bonchev–Trinajstić information content (AvgIpc) is 2.65. The number of carbonyl (C=O) groups is 2. The smallest absolute Gasteiger partial charge is 0.318 e. The van der Waals surface area contributed by atoms with Crippen LogP contribution in [0.25, 0.3) is 0 Å². The van der Waals surface area contributed by atoms with Crippen LogP contribution in [0.4, 0.5) is 9.18 Å². The number of rotatable bonds is 4. The number of halogens is 1. The van der Waals surface area contributed by atoms with Gasteiger partial charge in [-0.3, -0.25) is 4.79 Å². The number of carbonyl (C=O) groups excluding carboxylic acids is 2. The second-order valence-electron chi connectivity index (χ2n) is 7.01. The summed E-state index contributed by atoms with van der Waals surface area (Å²) in [5.74, 6) is -0.452. The number of benzene rings is 1. The third-order valence-electron chi connectivity index (χ3n) is 5.21. The molecule has 0 unspecified atom stereocenters. The molecule has 3 rings (SSSR count). The molecule has 3 amide bonds. The summed E-state index contributed by atoms with van der Waals surface area (Å²) in [5.41, 5.74) is 0.501. The third-order valence-corrected chi connectivity index (χ3v) is 5.21. The van der Waals surface area contributed by atoms with Crippen molar-refractivity contribution in [3.8, 4) is 0 Å². The van der Waals surface area contributed by atoms with E-state index in [0.717, 1.165) is 32.5 Å². The van der Waals surface area contributed by atoms with E-state index in [2.05, 4.69) is 17.1 Å². The Labute approximate surface area is 153 Å². The molecule has 1 aromatic carbocycles. The number of likely N-dealkylation sites (N-methyl/N-ethyl adjacent to an activating group) is 1. The minimum absolute atomic E-state index is 0.0461. The highest BCUT2D eigenvalue weighted by molar-refractivity contribution is 5.85. The Morgan fingerprint density at radius 1 is 1.27 bits per heavy atom. The molecule has 26 heavy (non-hydrogen) atoms. The molecule has 2 aliphatic heterocycles. The van der Waals surface area contributed by atoms with Crippen molar-refractivity contribution in [3.05, 3.63) is 35.6 Å². The van der Waals surface area contributed by atoms with Crippen molar-refractivity contribution in [1.29, 1.82) is 0 Å². The number of likely N-dealkylation sites (tertiary alicyclic amines) is 1. The van der Waals surface area contributed by atoms with Gasteiger partial charge in [0, 0.05) is 37.8 Å². The zero-order valence-electron chi connectivity index (χ0n) is 15.3. The highest BCUT2D eigenvalue weighted by atomic mass is 19.1. The molecule has 0 radical (unpaired) electrons. The van der Waals surface area contributed by atoms with Gasteiger partial charge in [-0.2, -0.15) is 0 Å². The van der Waals surface area contributed by atoms with Gasteiger partial charge in [-0.05, 0) is 32.0 Å². The molecule has 0 aliphatic carbocycles. The first kappa shape index (κ1) is 18.6. The maximum Gasteiger partial charge on any atom is 0.318 e. The van der Waals surface area contributed by atoms with E-state index in [1.165, 1.54) is 6.07 Å². The van der Waals surface area contributed by atoms with E-state index in [9.17, 15) is 14.0 Å². The van der Waals surface area contributed by atoms with Crippen molar-refractivity contribution >= 4 is 11.9 Å². The minimum Gasteiger partial charge on any atom is -0.335 e. The van der Waals surface area contributed by atoms with Crippen LogP contribution in [0.15, 0.2) is 24.3 Å². The van der Waals surface area contributed by atoms with E-state index in [4.69, 9.17) is 0 Å². The zero-order chi connectivity index (χ0) is 18.5. The highest BCUT2D eigenvalue weighted by Gasteiger charge is 2.29. The molecular formula is C19H27FN4O2. The SMILES string of the molecule is CCN1CCC[C@@H](NC(=O)N2CCN(Cc3ccccc3F)C(=O)C2)C1. The van der Waals surface area contributed by atoms with Gasteiger partial charge in [-0.1, -0.05) is 25.1 Å². The van der Waals surface area contributed by atoms with Crippen LogP contribution in [-0.2, 0) is 11.3 Å². The quantitative estimate of drug-likeness (QED) is 0.886. The Kier molecular flexibility index (Phi) is 6.08. The number of nitrogens with zero attached hydrogens (tertiary/aromatic N) is 3. The lowest BCUT2D eigenvalue weighted by atomic mass is 10.1. The molecule has 1 atom stereocenters. The first-order valence-electron chi connectivity index (χ1n) is 9.35. The highest BCUT2D eigenvalue weighted by Crippen LogP contribution is 2.14. The van der Waals surface area contributed by atoms with Crippen molar-refractivity contribution in [1.82, 2.24) is 20.0 Å². The maximum absolute atomic E-state index is 13.8. The molecule has 2 heterocycles. The number of hydrogen-bond acceptors (Lipinski definition) is 3. The fourth-order valence-corrected chi connectivity index (χ4v) is 3.61. The van der Waals surface area contributed by atoms with Crippen molar-refractivity contribution in [2.24, 2.45) is 0 Å². The van der Waals surface area contributed by atoms with Gasteiger partial charge >= 0.3 is 6.03 Å². The number of amides is 3. The molecule has 0 spiro atoms. The molecule has 7 heteroatoms. The maximum atomic E-state index is 13.8. The van der Waals surface area contributed by atoms with Crippen LogP contribution in [0.1, 0.15) is 25.3 Å². The summed E-state index contributed by atoms with van der Waals surface area (Å²) in [6.45, 7) is 6.23. The van der Waals surface area contributed by atoms with Crippen LogP contribution in [0.2, 0.25) is 0 Å². The number of piperazine rings is 1. The number of piperidine rings is 1. The molecule has 0 saturated carbocycles. The van der Waals surface area contributed by atoms with Crippen LogP contribution in [0.5, 0.6) is 0 Å². The monoisotopic (exact) mass is 362 g/mol. The summed E-state index contributed by atoms with van der Waals surface area (Å²) in [7, 11) is 0. The zero-order valence-corrected chi connectivity index (χ0v) is 15.3. The molecular weight excluding hydrogens is 335 g/mol. The van der Waals surface area contributed by atoms with E-state index in [1.54, 1.807) is 28.0 Å². The van der Waals surface area contributed by atoms with Gasteiger partial charge in [0.2, 0.25) is 5.91 Å². The van der Waals surface area contributed by atoms with Gasteiger partial charge in [-0.15, -0.1) is 0 Å². The van der Waals surface area contributed by atoms with Crippen LogP contribution in [0, 0.1) is 5.82 Å². The molecule has 2 aliphatic rings. The number of hydrogen-bond donors (Lipinski definition) is 1. The second kappa shape index (κ2) is 8.49. The largest absolute Gasteiger partial charge is 0.335 e. The van der Waals surface area contributed by atoms with Crippen molar-refractivity contribution in [3.63, 3.8) is 0 Å². The predicted molar refractivity (Wildman–Crippen MR) is 97.1 cm³/mol. The normalized spacial score (nSPS) is 21.8. The summed E-state index contributed by atoms with van der Waals surface area (Å²) in [6.07, 6.45) is 2.05. The summed E-state index contributed by atoms with van der Waals surface area (Å²) >= 11 is 0. The standard InChI is InChI=1S/C19H27FN4O2/c1-2-22-9-5-7-16(13-22)21-19(26)24-11-10-23(18(25)14-24)12-15-6-3-4-8-17(15)20/h3-4,6,8,16H,2,5,7,9-14H2,1H3,(H,21,26)/t16-/m1/s1. The van der Waals surface area contributed by atoms with Crippen molar-refractivity contribution < 1.29 is 14.0 Å². The van der Waals surface area contributed by atoms with Gasteiger partial charge in [0.15, 0.2) is 0 Å². The van der Waals surface area contributed by atoms with Gasteiger partial charge in [-0.25, -0.2) is 9.18 Å².